The molecule has 1 aliphatic heterocycles. The van der Waals surface area contributed by atoms with Crippen molar-refractivity contribution in [3.8, 4) is 0 Å². The van der Waals surface area contributed by atoms with Gasteiger partial charge in [-0.25, -0.2) is 0 Å². The van der Waals surface area contributed by atoms with E-state index in [2.05, 4.69) is 32.0 Å². The lowest BCUT2D eigenvalue weighted by Crippen LogP contribution is -2.45. The zero-order valence-electron chi connectivity index (χ0n) is 11.3. The standard InChI is InChI=1S/C13H27NOSi/c1-14-9-13(10-16(2,3)4)7-8-15-12(13)11-5-6-11/h11-12,14H,5-10H2,1-4H3. The molecule has 0 aromatic carbocycles. The average Bonchev–Trinajstić information content (AvgIpc) is 2.88. The van der Waals surface area contributed by atoms with E-state index in [0.717, 1.165) is 19.1 Å². The fourth-order valence-corrected chi connectivity index (χ4v) is 6.21. The molecule has 0 aromatic rings. The Kier molecular flexibility index (Phi) is 3.48. The van der Waals surface area contributed by atoms with Crippen LogP contribution in [0.1, 0.15) is 19.3 Å². The quantitative estimate of drug-likeness (QED) is 0.747. The highest BCUT2D eigenvalue weighted by atomic mass is 28.3. The molecule has 16 heavy (non-hydrogen) atoms. The first-order chi connectivity index (χ1) is 7.47. The second kappa shape index (κ2) is 4.43. The van der Waals surface area contributed by atoms with Crippen LogP contribution in [0.15, 0.2) is 0 Å². The van der Waals surface area contributed by atoms with Crippen molar-refractivity contribution >= 4 is 8.07 Å². The van der Waals surface area contributed by atoms with Crippen LogP contribution in [0.5, 0.6) is 0 Å². The van der Waals surface area contributed by atoms with Gasteiger partial charge in [0.25, 0.3) is 0 Å². The van der Waals surface area contributed by atoms with E-state index < -0.39 is 8.07 Å². The first-order valence-corrected chi connectivity index (χ1v) is 10.4. The number of ether oxygens (including phenoxy) is 1. The Balaban J connectivity index is 2.12. The van der Waals surface area contributed by atoms with E-state index in [4.69, 9.17) is 4.74 Å². The first kappa shape index (κ1) is 12.6. The second-order valence-corrected chi connectivity index (χ2v) is 12.5. The average molecular weight is 241 g/mol. The summed E-state index contributed by atoms with van der Waals surface area (Å²) in [5, 5.41) is 3.43. The maximum absolute atomic E-state index is 6.07. The predicted molar refractivity (Wildman–Crippen MR) is 71.6 cm³/mol. The van der Waals surface area contributed by atoms with Crippen LogP contribution in [0, 0.1) is 11.3 Å². The van der Waals surface area contributed by atoms with Crippen molar-refractivity contribution in [3.63, 3.8) is 0 Å². The van der Waals surface area contributed by atoms with Gasteiger partial charge in [-0.2, -0.15) is 0 Å². The Morgan fingerprint density at radius 3 is 2.50 bits per heavy atom. The molecular weight excluding hydrogens is 214 g/mol. The molecule has 1 aliphatic carbocycles. The molecule has 3 heteroatoms. The van der Waals surface area contributed by atoms with Crippen LogP contribution in [0.25, 0.3) is 0 Å². The van der Waals surface area contributed by atoms with Crippen molar-refractivity contribution in [2.75, 3.05) is 20.2 Å². The summed E-state index contributed by atoms with van der Waals surface area (Å²) >= 11 is 0. The summed E-state index contributed by atoms with van der Waals surface area (Å²) < 4.78 is 6.07. The van der Waals surface area contributed by atoms with Gasteiger partial charge in [0.05, 0.1) is 6.10 Å². The molecule has 94 valence electrons. The molecule has 2 unspecified atom stereocenters. The Bertz CT molecular complexity index is 247. The van der Waals surface area contributed by atoms with Crippen molar-refractivity contribution in [1.29, 1.82) is 0 Å². The van der Waals surface area contributed by atoms with E-state index in [1.54, 1.807) is 0 Å². The molecular formula is C13H27NOSi. The highest BCUT2D eigenvalue weighted by molar-refractivity contribution is 6.76. The molecule has 2 nitrogen and oxygen atoms in total. The third-order valence-corrected chi connectivity index (χ3v) is 5.73. The van der Waals surface area contributed by atoms with Crippen LogP contribution in [-0.4, -0.2) is 34.4 Å². The topological polar surface area (TPSA) is 21.3 Å². The van der Waals surface area contributed by atoms with Gasteiger partial charge in [-0.3, -0.25) is 0 Å². The van der Waals surface area contributed by atoms with Crippen molar-refractivity contribution in [1.82, 2.24) is 5.32 Å². The Morgan fingerprint density at radius 2 is 2.00 bits per heavy atom. The van der Waals surface area contributed by atoms with Crippen LogP contribution >= 0.6 is 0 Å². The zero-order chi connectivity index (χ0) is 11.8. The van der Waals surface area contributed by atoms with Gasteiger partial charge in [-0.05, 0) is 38.3 Å². The van der Waals surface area contributed by atoms with Gasteiger partial charge in [0.2, 0.25) is 0 Å². The SMILES string of the molecule is CNCC1(C[Si](C)(C)C)CCOC1C1CC1. The molecule has 0 spiro atoms. The molecule has 0 aromatic heterocycles. The Hall–Kier alpha value is 0.137. The number of hydrogen-bond donors (Lipinski definition) is 1. The summed E-state index contributed by atoms with van der Waals surface area (Å²) in [7, 11) is 1.08. The highest BCUT2D eigenvalue weighted by Crippen LogP contribution is 2.51. The van der Waals surface area contributed by atoms with Crippen molar-refractivity contribution < 1.29 is 4.74 Å². The first-order valence-electron chi connectivity index (χ1n) is 6.73. The lowest BCUT2D eigenvalue weighted by Gasteiger charge is -2.38. The Morgan fingerprint density at radius 1 is 1.31 bits per heavy atom. The molecule has 1 saturated carbocycles. The molecule has 0 bridgehead atoms. The van der Waals surface area contributed by atoms with Crippen molar-refractivity contribution in [2.24, 2.45) is 11.3 Å². The lowest BCUT2D eigenvalue weighted by molar-refractivity contribution is 0.0390. The minimum absolute atomic E-state index is 0.459. The normalized spacial score (nSPS) is 35.6. The summed E-state index contributed by atoms with van der Waals surface area (Å²) in [6.45, 7) is 9.62. The minimum atomic E-state index is -1.01. The van der Waals surface area contributed by atoms with Gasteiger partial charge < -0.3 is 10.1 Å². The maximum atomic E-state index is 6.07. The number of hydrogen-bond acceptors (Lipinski definition) is 2. The van der Waals surface area contributed by atoms with Crippen LogP contribution in [0.4, 0.5) is 0 Å². The molecule has 1 N–H and O–H groups in total. The van der Waals surface area contributed by atoms with Gasteiger partial charge in [0, 0.05) is 26.6 Å². The second-order valence-electron chi connectivity index (χ2n) is 7.01. The number of rotatable bonds is 5. The molecule has 0 radical (unpaired) electrons. The predicted octanol–water partition coefficient (Wildman–Crippen LogP) is 2.73. The van der Waals surface area contributed by atoms with Gasteiger partial charge >= 0.3 is 0 Å². The largest absolute Gasteiger partial charge is 0.377 e. The van der Waals surface area contributed by atoms with Crippen LogP contribution in [0.2, 0.25) is 25.7 Å². The van der Waals surface area contributed by atoms with Crippen LogP contribution < -0.4 is 5.32 Å². The Labute approximate surface area is 101 Å². The van der Waals surface area contributed by atoms with Gasteiger partial charge in [0.15, 0.2) is 0 Å². The van der Waals surface area contributed by atoms with Crippen molar-refractivity contribution in [2.45, 2.75) is 51.1 Å². The summed E-state index contributed by atoms with van der Waals surface area (Å²) in [5.74, 6) is 0.882. The van der Waals surface area contributed by atoms with E-state index in [0.29, 0.717) is 11.5 Å². The molecule has 2 fully saturated rings. The smallest absolute Gasteiger partial charge is 0.0669 e. The monoisotopic (exact) mass is 241 g/mol. The fourth-order valence-electron chi connectivity index (χ4n) is 3.59. The van der Waals surface area contributed by atoms with E-state index in [1.807, 2.05) is 0 Å². The highest BCUT2D eigenvalue weighted by Gasteiger charge is 2.51. The van der Waals surface area contributed by atoms with E-state index >= 15 is 0 Å². The molecule has 2 rings (SSSR count). The van der Waals surface area contributed by atoms with Gasteiger partial charge in [0.1, 0.15) is 0 Å². The molecule has 1 saturated heterocycles. The van der Waals surface area contributed by atoms with E-state index in [1.165, 1.54) is 25.3 Å². The third-order valence-electron chi connectivity index (χ3n) is 3.96. The lowest BCUT2D eigenvalue weighted by atomic mass is 9.80. The van der Waals surface area contributed by atoms with E-state index in [9.17, 15) is 0 Å². The van der Waals surface area contributed by atoms with Crippen LogP contribution in [0.3, 0.4) is 0 Å². The summed E-state index contributed by atoms with van der Waals surface area (Å²) in [5.41, 5.74) is 0.459. The molecule has 2 atom stereocenters. The third kappa shape index (κ3) is 2.69. The van der Waals surface area contributed by atoms with Crippen LogP contribution in [-0.2, 0) is 4.74 Å². The van der Waals surface area contributed by atoms with E-state index in [-0.39, 0.29) is 0 Å². The summed E-state index contributed by atoms with van der Waals surface area (Å²) in [6, 6.07) is 1.42. The number of nitrogens with one attached hydrogen (secondary N) is 1. The van der Waals surface area contributed by atoms with Crippen molar-refractivity contribution in [3.05, 3.63) is 0 Å². The summed E-state index contributed by atoms with van der Waals surface area (Å²) in [4.78, 5) is 0. The minimum Gasteiger partial charge on any atom is -0.377 e. The fraction of sp³-hybridized carbons (Fsp3) is 1.00. The molecule has 2 aliphatic rings. The molecule has 1 heterocycles. The maximum Gasteiger partial charge on any atom is 0.0669 e. The molecule has 0 amide bonds. The van der Waals surface area contributed by atoms with Gasteiger partial charge in [-0.15, -0.1) is 0 Å². The zero-order valence-corrected chi connectivity index (χ0v) is 12.3. The van der Waals surface area contributed by atoms with Gasteiger partial charge in [-0.1, -0.05) is 19.6 Å². The summed E-state index contributed by atoms with van der Waals surface area (Å²) in [6.07, 6.45) is 4.65.